The Hall–Kier alpha value is -0.610. The van der Waals surface area contributed by atoms with Crippen LogP contribution in [-0.2, 0) is 9.53 Å². The molecule has 0 aromatic heterocycles. The zero-order chi connectivity index (χ0) is 11.5. The SMILES string of the molecule is COC(=O)[C@H]1N[C@@H](C2CCCCC2)C[C@H]1O. The van der Waals surface area contributed by atoms with Crippen molar-refractivity contribution in [2.75, 3.05) is 7.11 Å². The number of rotatable bonds is 2. The van der Waals surface area contributed by atoms with Gasteiger partial charge in [0.25, 0.3) is 0 Å². The van der Waals surface area contributed by atoms with Gasteiger partial charge < -0.3 is 9.84 Å². The van der Waals surface area contributed by atoms with Crippen LogP contribution in [0.2, 0.25) is 0 Å². The van der Waals surface area contributed by atoms with E-state index in [1.165, 1.54) is 39.2 Å². The van der Waals surface area contributed by atoms with E-state index in [2.05, 4.69) is 10.1 Å². The Balaban J connectivity index is 1.92. The van der Waals surface area contributed by atoms with Crippen molar-refractivity contribution in [1.29, 1.82) is 0 Å². The maximum absolute atomic E-state index is 11.4. The van der Waals surface area contributed by atoms with Gasteiger partial charge in [0, 0.05) is 6.04 Å². The van der Waals surface area contributed by atoms with Crippen molar-refractivity contribution in [1.82, 2.24) is 5.32 Å². The Kier molecular flexibility index (Phi) is 3.82. The molecule has 16 heavy (non-hydrogen) atoms. The molecule has 2 rings (SSSR count). The van der Waals surface area contributed by atoms with E-state index in [9.17, 15) is 9.90 Å². The minimum atomic E-state index is -0.584. The molecule has 92 valence electrons. The van der Waals surface area contributed by atoms with Crippen LogP contribution in [0, 0.1) is 5.92 Å². The predicted octanol–water partition coefficient (Wildman–Crippen LogP) is 0.831. The number of carbonyl (C=O) groups excluding carboxylic acids is 1. The average Bonchev–Trinajstić information content (AvgIpc) is 2.71. The zero-order valence-corrected chi connectivity index (χ0v) is 9.82. The monoisotopic (exact) mass is 227 g/mol. The molecule has 2 N–H and O–H groups in total. The topological polar surface area (TPSA) is 58.6 Å². The maximum atomic E-state index is 11.4. The van der Waals surface area contributed by atoms with Crippen LogP contribution in [0.3, 0.4) is 0 Å². The van der Waals surface area contributed by atoms with Crippen LogP contribution < -0.4 is 5.32 Å². The summed E-state index contributed by atoms with van der Waals surface area (Å²) >= 11 is 0. The molecule has 0 amide bonds. The third-order valence-electron chi connectivity index (χ3n) is 3.95. The summed E-state index contributed by atoms with van der Waals surface area (Å²) in [6, 6.07) is -0.226. The fourth-order valence-corrected chi connectivity index (χ4v) is 3.02. The summed E-state index contributed by atoms with van der Waals surface area (Å²) < 4.78 is 4.68. The summed E-state index contributed by atoms with van der Waals surface area (Å²) in [6.07, 6.45) is 6.43. The minimum absolute atomic E-state index is 0.291. The van der Waals surface area contributed by atoms with Crippen LogP contribution in [0.1, 0.15) is 38.5 Å². The highest BCUT2D eigenvalue weighted by Crippen LogP contribution is 2.31. The van der Waals surface area contributed by atoms with E-state index < -0.39 is 12.1 Å². The van der Waals surface area contributed by atoms with E-state index in [1.807, 2.05) is 0 Å². The molecule has 2 fully saturated rings. The third-order valence-corrected chi connectivity index (χ3v) is 3.95. The van der Waals surface area contributed by atoms with E-state index >= 15 is 0 Å². The van der Waals surface area contributed by atoms with Crippen molar-refractivity contribution in [2.45, 2.75) is 56.7 Å². The van der Waals surface area contributed by atoms with Crippen molar-refractivity contribution in [3.05, 3.63) is 0 Å². The molecule has 1 saturated carbocycles. The van der Waals surface area contributed by atoms with E-state index in [-0.39, 0.29) is 5.97 Å². The van der Waals surface area contributed by atoms with Crippen molar-refractivity contribution in [2.24, 2.45) is 5.92 Å². The largest absolute Gasteiger partial charge is 0.468 e. The van der Waals surface area contributed by atoms with E-state index in [0.29, 0.717) is 18.4 Å². The summed E-state index contributed by atoms with van der Waals surface area (Å²) in [4.78, 5) is 11.4. The van der Waals surface area contributed by atoms with Gasteiger partial charge in [-0.25, -0.2) is 0 Å². The van der Waals surface area contributed by atoms with Gasteiger partial charge in [0.2, 0.25) is 0 Å². The average molecular weight is 227 g/mol. The summed E-state index contributed by atoms with van der Waals surface area (Å²) in [5, 5.41) is 13.1. The smallest absolute Gasteiger partial charge is 0.325 e. The Morgan fingerprint density at radius 2 is 2.00 bits per heavy atom. The first-order valence-corrected chi connectivity index (χ1v) is 6.24. The molecule has 1 saturated heterocycles. The predicted molar refractivity (Wildman–Crippen MR) is 59.9 cm³/mol. The molecular weight excluding hydrogens is 206 g/mol. The van der Waals surface area contributed by atoms with Gasteiger partial charge in [-0.05, 0) is 25.2 Å². The molecule has 4 heteroatoms. The van der Waals surface area contributed by atoms with E-state index in [4.69, 9.17) is 0 Å². The second-order valence-corrected chi connectivity index (χ2v) is 4.98. The molecule has 1 heterocycles. The molecule has 3 atom stereocenters. The second-order valence-electron chi connectivity index (χ2n) is 4.98. The number of aliphatic hydroxyl groups is 1. The number of hydrogen-bond acceptors (Lipinski definition) is 4. The van der Waals surface area contributed by atoms with Gasteiger partial charge in [0.05, 0.1) is 13.2 Å². The second kappa shape index (κ2) is 5.15. The van der Waals surface area contributed by atoms with Gasteiger partial charge in [0.1, 0.15) is 6.04 Å². The van der Waals surface area contributed by atoms with Crippen molar-refractivity contribution >= 4 is 5.97 Å². The molecule has 0 aromatic rings. The number of nitrogens with one attached hydrogen (secondary N) is 1. The van der Waals surface area contributed by atoms with Gasteiger partial charge >= 0.3 is 5.97 Å². The lowest BCUT2D eigenvalue weighted by Crippen LogP contribution is -2.43. The van der Waals surface area contributed by atoms with Crippen LogP contribution in [0.15, 0.2) is 0 Å². The normalized spacial score (nSPS) is 36.2. The number of methoxy groups -OCH3 is 1. The number of ether oxygens (including phenoxy) is 1. The van der Waals surface area contributed by atoms with Gasteiger partial charge in [-0.3, -0.25) is 10.1 Å². The Bertz CT molecular complexity index is 251. The van der Waals surface area contributed by atoms with Crippen molar-refractivity contribution in [3.8, 4) is 0 Å². The lowest BCUT2D eigenvalue weighted by Gasteiger charge is -2.27. The molecule has 0 bridgehead atoms. The first-order valence-electron chi connectivity index (χ1n) is 6.24. The zero-order valence-electron chi connectivity index (χ0n) is 9.82. The highest BCUT2D eigenvalue weighted by molar-refractivity contribution is 5.76. The van der Waals surface area contributed by atoms with Gasteiger partial charge in [-0.15, -0.1) is 0 Å². The Morgan fingerprint density at radius 1 is 1.31 bits per heavy atom. The molecule has 0 radical (unpaired) electrons. The van der Waals surface area contributed by atoms with Crippen LogP contribution in [0.25, 0.3) is 0 Å². The van der Waals surface area contributed by atoms with Crippen LogP contribution in [0.5, 0.6) is 0 Å². The van der Waals surface area contributed by atoms with E-state index in [0.717, 1.165) is 0 Å². The molecule has 0 aromatic carbocycles. The highest BCUT2D eigenvalue weighted by atomic mass is 16.5. The van der Waals surface area contributed by atoms with Crippen molar-refractivity contribution in [3.63, 3.8) is 0 Å². The molecule has 1 aliphatic carbocycles. The fourth-order valence-electron chi connectivity index (χ4n) is 3.02. The summed E-state index contributed by atoms with van der Waals surface area (Å²) in [5.74, 6) is 0.281. The number of esters is 1. The van der Waals surface area contributed by atoms with Gasteiger partial charge in [0.15, 0.2) is 0 Å². The van der Waals surface area contributed by atoms with Gasteiger partial charge in [-0.1, -0.05) is 19.3 Å². The van der Waals surface area contributed by atoms with Crippen molar-refractivity contribution < 1.29 is 14.6 Å². The summed E-state index contributed by atoms with van der Waals surface area (Å²) in [6.45, 7) is 0. The first kappa shape index (κ1) is 11.9. The molecule has 0 spiro atoms. The quantitative estimate of drug-likeness (QED) is 0.686. The van der Waals surface area contributed by atoms with Crippen LogP contribution in [-0.4, -0.2) is 36.4 Å². The number of aliphatic hydroxyl groups excluding tert-OH is 1. The molecule has 0 unspecified atom stereocenters. The standard InChI is InChI=1S/C12H21NO3/c1-16-12(15)11-10(14)7-9(13-11)8-5-3-2-4-6-8/h8-11,13-14H,2-7H2,1H3/t9-,10-,11+/m1/s1. The molecule has 4 nitrogen and oxygen atoms in total. The van der Waals surface area contributed by atoms with Crippen LogP contribution >= 0.6 is 0 Å². The summed E-state index contributed by atoms with van der Waals surface area (Å²) in [5.41, 5.74) is 0. The fraction of sp³-hybridized carbons (Fsp3) is 0.917. The lowest BCUT2D eigenvalue weighted by molar-refractivity contribution is -0.145. The minimum Gasteiger partial charge on any atom is -0.468 e. The summed E-state index contributed by atoms with van der Waals surface area (Å²) in [7, 11) is 1.37. The lowest BCUT2D eigenvalue weighted by atomic mass is 9.83. The Morgan fingerprint density at radius 3 is 2.62 bits per heavy atom. The number of hydrogen-bond donors (Lipinski definition) is 2. The number of carbonyl (C=O) groups is 1. The Labute approximate surface area is 96.4 Å². The highest BCUT2D eigenvalue weighted by Gasteiger charge is 2.40. The molecular formula is C12H21NO3. The molecule has 2 aliphatic rings. The first-order chi connectivity index (χ1) is 7.72. The van der Waals surface area contributed by atoms with Gasteiger partial charge in [-0.2, -0.15) is 0 Å². The van der Waals surface area contributed by atoms with E-state index in [1.54, 1.807) is 0 Å². The third kappa shape index (κ3) is 2.38. The molecule has 1 aliphatic heterocycles. The van der Waals surface area contributed by atoms with Crippen LogP contribution in [0.4, 0.5) is 0 Å². The maximum Gasteiger partial charge on any atom is 0.325 e.